The lowest BCUT2D eigenvalue weighted by atomic mass is 9.96. The Labute approximate surface area is 162 Å². The van der Waals surface area contributed by atoms with Crippen LogP contribution in [0.1, 0.15) is 41.5 Å². The smallest absolute Gasteiger partial charge is 0.191 e. The summed E-state index contributed by atoms with van der Waals surface area (Å²) in [5.74, 6) is 0.897. The second-order valence-electron chi connectivity index (χ2n) is 6.99. The number of hydrogen-bond acceptors (Lipinski definition) is 2. The molecular formula is C19H30IN3O. The second-order valence-corrected chi connectivity index (χ2v) is 6.99. The molecule has 2 N–H and O–H groups in total. The number of nitrogens with zero attached hydrogens (tertiary/aromatic N) is 1. The Kier molecular flexibility index (Phi) is 6.92. The molecule has 3 rings (SSSR count). The van der Waals surface area contributed by atoms with Gasteiger partial charge in [-0.3, -0.25) is 4.99 Å². The van der Waals surface area contributed by atoms with Crippen LogP contribution in [0, 0.1) is 20.8 Å². The van der Waals surface area contributed by atoms with Gasteiger partial charge in [-0.2, -0.15) is 0 Å². The van der Waals surface area contributed by atoms with Crippen LogP contribution in [0.15, 0.2) is 17.1 Å². The van der Waals surface area contributed by atoms with Gasteiger partial charge in [0.15, 0.2) is 5.96 Å². The van der Waals surface area contributed by atoms with Gasteiger partial charge in [0.2, 0.25) is 0 Å². The number of hydrogen-bond donors (Lipinski definition) is 2. The fourth-order valence-corrected chi connectivity index (χ4v) is 4.07. The molecule has 0 aliphatic carbocycles. The van der Waals surface area contributed by atoms with Crippen molar-refractivity contribution in [2.45, 2.75) is 64.7 Å². The topological polar surface area (TPSA) is 45.7 Å². The first-order chi connectivity index (χ1) is 11.1. The zero-order valence-corrected chi connectivity index (χ0v) is 17.5. The molecule has 2 heterocycles. The average Bonchev–Trinajstić information content (AvgIpc) is 3.11. The third-order valence-corrected chi connectivity index (χ3v) is 5.16. The van der Waals surface area contributed by atoms with Crippen LogP contribution in [0.3, 0.4) is 0 Å². The van der Waals surface area contributed by atoms with Gasteiger partial charge in [-0.25, -0.2) is 0 Å². The monoisotopic (exact) mass is 443 g/mol. The van der Waals surface area contributed by atoms with Crippen LogP contribution in [-0.4, -0.2) is 37.8 Å². The second kappa shape index (κ2) is 8.52. The fourth-order valence-electron chi connectivity index (χ4n) is 4.07. The van der Waals surface area contributed by atoms with Crippen molar-refractivity contribution in [1.82, 2.24) is 10.6 Å². The molecule has 2 bridgehead atoms. The van der Waals surface area contributed by atoms with E-state index in [1.54, 1.807) is 0 Å². The zero-order valence-electron chi connectivity index (χ0n) is 15.2. The van der Waals surface area contributed by atoms with Crippen LogP contribution in [-0.2, 0) is 11.2 Å². The van der Waals surface area contributed by atoms with Crippen molar-refractivity contribution in [3.63, 3.8) is 0 Å². The van der Waals surface area contributed by atoms with E-state index in [0.29, 0.717) is 18.2 Å². The third-order valence-electron chi connectivity index (χ3n) is 5.16. The molecule has 0 amide bonds. The largest absolute Gasteiger partial charge is 0.373 e. The molecule has 5 heteroatoms. The van der Waals surface area contributed by atoms with Gasteiger partial charge in [0.1, 0.15) is 0 Å². The molecule has 2 aliphatic heterocycles. The van der Waals surface area contributed by atoms with Gasteiger partial charge in [0, 0.05) is 13.6 Å². The number of rotatable bonds is 4. The summed E-state index contributed by atoms with van der Waals surface area (Å²) in [5.41, 5.74) is 5.55. The highest BCUT2D eigenvalue weighted by molar-refractivity contribution is 14.0. The van der Waals surface area contributed by atoms with Crippen molar-refractivity contribution >= 4 is 29.9 Å². The van der Waals surface area contributed by atoms with E-state index >= 15 is 0 Å². The van der Waals surface area contributed by atoms with Crippen molar-refractivity contribution in [3.8, 4) is 0 Å². The van der Waals surface area contributed by atoms with E-state index in [4.69, 9.17) is 4.74 Å². The number of nitrogens with one attached hydrogen (secondary N) is 2. The summed E-state index contributed by atoms with van der Waals surface area (Å²) in [6.07, 6.45) is 5.38. The number of halogens is 1. The number of guanidine groups is 1. The first-order valence-electron chi connectivity index (χ1n) is 8.76. The van der Waals surface area contributed by atoms with E-state index in [2.05, 4.69) is 48.5 Å². The molecule has 134 valence electrons. The van der Waals surface area contributed by atoms with Crippen LogP contribution < -0.4 is 10.6 Å². The number of ether oxygens (including phenoxy) is 1. The first kappa shape index (κ1) is 19.5. The minimum Gasteiger partial charge on any atom is -0.373 e. The van der Waals surface area contributed by atoms with E-state index in [9.17, 15) is 0 Å². The maximum absolute atomic E-state index is 5.90. The van der Waals surface area contributed by atoms with Crippen molar-refractivity contribution < 1.29 is 4.74 Å². The lowest BCUT2D eigenvalue weighted by Gasteiger charge is -2.23. The van der Waals surface area contributed by atoms with Crippen LogP contribution >= 0.6 is 24.0 Å². The van der Waals surface area contributed by atoms with Crippen molar-refractivity contribution in [2.24, 2.45) is 4.99 Å². The first-order valence-corrected chi connectivity index (χ1v) is 8.76. The molecular weight excluding hydrogens is 413 g/mol. The summed E-state index contributed by atoms with van der Waals surface area (Å²) in [6.45, 7) is 7.46. The molecule has 3 unspecified atom stereocenters. The minimum atomic E-state index is 0. The molecule has 0 aromatic heterocycles. The highest BCUT2D eigenvalue weighted by Gasteiger charge is 2.41. The maximum Gasteiger partial charge on any atom is 0.191 e. The van der Waals surface area contributed by atoms with Gasteiger partial charge in [-0.1, -0.05) is 17.7 Å². The number of fused-ring (bicyclic) bond motifs is 2. The zero-order chi connectivity index (χ0) is 16.4. The van der Waals surface area contributed by atoms with Gasteiger partial charge in [-0.15, -0.1) is 24.0 Å². The van der Waals surface area contributed by atoms with Gasteiger partial charge in [0.25, 0.3) is 0 Å². The van der Waals surface area contributed by atoms with Crippen LogP contribution in [0.5, 0.6) is 0 Å². The summed E-state index contributed by atoms with van der Waals surface area (Å²) in [7, 11) is 1.84. The molecule has 24 heavy (non-hydrogen) atoms. The highest BCUT2D eigenvalue weighted by atomic mass is 127. The fraction of sp³-hybridized carbons (Fsp3) is 0.632. The average molecular weight is 443 g/mol. The Morgan fingerprint density at radius 2 is 1.92 bits per heavy atom. The van der Waals surface area contributed by atoms with Crippen molar-refractivity contribution in [2.75, 3.05) is 13.6 Å². The number of benzene rings is 1. The van der Waals surface area contributed by atoms with E-state index < -0.39 is 0 Å². The number of aliphatic imine (C=N–C) groups is 1. The van der Waals surface area contributed by atoms with Gasteiger partial charge in [0.05, 0.1) is 18.2 Å². The van der Waals surface area contributed by atoms with Crippen LogP contribution in [0.2, 0.25) is 0 Å². The molecule has 1 aromatic carbocycles. The van der Waals surface area contributed by atoms with E-state index in [0.717, 1.165) is 25.3 Å². The Morgan fingerprint density at radius 1 is 1.21 bits per heavy atom. The van der Waals surface area contributed by atoms with Crippen molar-refractivity contribution in [3.05, 3.63) is 34.4 Å². The third kappa shape index (κ3) is 4.42. The molecule has 0 radical (unpaired) electrons. The molecule has 3 atom stereocenters. The predicted molar refractivity (Wildman–Crippen MR) is 111 cm³/mol. The Morgan fingerprint density at radius 3 is 2.46 bits per heavy atom. The van der Waals surface area contributed by atoms with Crippen LogP contribution in [0.25, 0.3) is 0 Å². The Hall–Kier alpha value is -0.820. The summed E-state index contributed by atoms with van der Waals surface area (Å²) < 4.78 is 5.90. The standard InChI is InChI=1S/C19H29N3O.HI/c1-12-9-13(2)16(14(3)10-12)7-8-21-19(20-4)22-17-11-15-5-6-18(17)23-15;/h9-10,15,17-18H,5-8,11H2,1-4H3,(H2,20,21,22);1H. The molecule has 0 spiro atoms. The molecule has 1 aromatic rings. The molecule has 2 aliphatic rings. The summed E-state index contributed by atoms with van der Waals surface area (Å²) in [6, 6.07) is 4.95. The van der Waals surface area contributed by atoms with Crippen LogP contribution in [0.4, 0.5) is 0 Å². The maximum atomic E-state index is 5.90. The normalized spacial score (nSPS) is 25.5. The Balaban J connectivity index is 0.00000208. The van der Waals surface area contributed by atoms with E-state index in [-0.39, 0.29) is 24.0 Å². The van der Waals surface area contributed by atoms with E-state index in [1.165, 1.54) is 35.1 Å². The summed E-state index contributed by atoms with van der Waals surface area (Å²) >= 11 is 0. The lowest BCUT2D eigenvalue weighted by Crippen LogP contribution is -2.47. The van der Waals surface area contributed by atoms with Gasteiger partial charge >= 0.3 is 0 Å². The number of aryl methyl sites for hydroxylation is 3. The highest BCUT2D eigenvalue weighted by Crippen LogP contribution is 2.34. The van der Waals surface area contributed by atoms with Crippen molar-refractivity contribution in [1.29, 1.82) is 0 Å². The Bertz CT molecular complexity index is 579. The molecule has 0 saturated carbocycles. The lowest BCUT2D eigenvalue weighted by molar-refractivity contribution is 0.0992. The molecule has 2 saturated heterocycles. The minimum absolute atomic E-state index is 0. The van der Waals surface area contributed by atoms with Gasteiger partial charge in [-0.05, 0) is 63.1 Å². The van der Waals surface area contributed by atoms with Gasteiger partial charge < -0.3 is 15.4 Å². The van der Waals surface area contributed by atoms with E-state index in [1.807, 2.05) is 7.05 Å². The summed E-state index contributed by atoms with van der Waals surface area (Å²) in [5, 5.41) is 6.99. The molecule has 4 nitrogen and oxygen atoms in total. The molecule has 2 fully saturated rings. The summed E-state index contributed by atoms with van der Waals surface area (Å²) in [4.78, 5) is 4.36. The SMILES string of the molecule is CN=C(NCCc1c(C)cc(C)cc1C)NC1CC2CCC1O2.I. The quantitative estimate of drug-likeness (QED) is 0.427. The predicted octanol–water partition coefficient (Wildman–Crippen LogP) is 3.26.